The van der Waals surface area contributed by atoms with E-state index in [1.165, 1.54) is 5.56 Å². The maximum absolute atomic E-state index is 12.1. The summed E-state index contributed by atoms with van der Waals surface area (Å²) in [7, 11) is -3.41. The van der Waals surface area contributed by atoms with Gasteiger partial charge in [0, 0.05) is 23.7 Å². The Morgan fingerprint density at radius 2 is 2.00 bits per heavy atom. The molecular weight excluding hydrogens is 248 g/mol. The molecule has 2 N–H and O–H groups in total. The van der Waals surface area contributed by atoms with Gasteiger partial charge >= 0.3 is 0 Å². The first-order chi connectivity index (χ1) is 8.22. The first-order valence-corrected chi connectivity index (χ1v) is 7.61. The van der Waals surface area contributed by atoms with Crippen LogP contribution in [0.25, 0.3) is 0 Å². The second-order valence-corrected chi connectivity index (χ2v) is 7.43. The Kier molecular flexibility index (Phi) is 3.15. The standard InChI is InChI=1S/C13H20N2O2S/c1-9(2)15-18(16,17)10-5-6-11-12(7-10)14-8-13(11,3)4/h5-7,9,14-15H,8H2,1-4H3. The summed E-state index contributed by atoms with van der Waals surface area (Å²) in [4.78, 5) is 0.320. The summed E-state index contributed by atoms with van der Waals surface area (Å²) in [5.41, 5.74) is 2.15. The van der Waals surface area contributed by atoms with Crippen molar-refractivity contribution in [1.29, 1.82) is 0 Å². The minimum absolute atomic E-state index is 0.0586. The van der Waals surface area contributed by atoms with Gasteiger partial charge in [0.2, 0.25) is 10.0 Å². The van der Waals surface area contributed by atoms with Crippen molar-refractivity contribution < 1.29 is 8.42 Å². The highest BCUT2D eigenvalue weighted by atomic mass is 32.2. The van der Waals surface area contributed by atoms with Crippen molar-refractivity contribution in [1.82, 2.24) is 4.72 Å². The van der Waals surface area contributed by atoms with Gasteiger partial charge < -0.3 is 5.32 Å². The number of anilines is 1. The molecule has 0 amide bonds. The molecular formula is C13H20N2O2S. The molecule has 0 aliphatic carbocycles. The van der Waals surface area contributed by atoms with Crippen LogP contribution < -0.4 is 10.0 Å². The van der Waals surface area contributed by atoms with Gasteiger partial charge in [0.25, 0.3) is 0 Å². The summed E-state index contributed by atoms with van der Waals surface area (Å²) in [5.74, 6) is 0. The summed E-state index contributed by atoms with van der Waals surface area (Å²) >= 11 is 0. The zero-order valence-electron chi connectivity index (χ0n) is 11.2. The van der Waals surface area contributed by atoms with Crippen LogP contribution in [0.2, 0.25) is 0 Å². The van der Waals surface area contributed by atoms with Gasteiger partial charge in [0.15, 0.2) is 0 Å². The Morgan fingerprint density at radius 3 is 2.61 bits per heavy atom. The number of nitrogens with one attached hydrogen (secondary N) is 2. The lowest BCUT2D eigenvalue weighted by atomic mass is 9.87. The van der Waals surface area contributed by atoms with Crippen LogP contribution in [-0.4, -0.2) is 21.0 Å². The second kappa shape index (κ2) is 4.24. The van der Waals surface area contributed by atoms with Crippen LogP contribution >= 0.6 is 0 Å². The van der Waals surface area contributed by atoms with Gasteiger partial charge in [-0.1, -0.05) is 19.9 Å². The van der Waals surface area contributed by atoms with Crippen LogP contribution in [0.3, 0.4) is 0 Å². The molecule has 0 fully saturated rings. The summed E-state index contributed by atoms with van der Waals surface area (Å²) in [5, 5.41) is 3.26. The lowest BCUT2D eigenvalue weighted by molar-refractivity contribution is 0.569. The molecule has 5 heteroatoms. The molecule has 100 valence electrons. The molecule has 0 radical (unpaired) electrons. The van der Waals surface area contributed by atoms with E-state index in [0.717, 1.165) is 12.2 Å². The summed E-state index contributed by atoms with van der Waals surface area (Å²) in [6.07, 6.45) is 0. The summed E-state index contributed by atoms with van der Waals surface area (Å²) < 4.78 is 26.7. The Hall–Kier alpha value is -1.07. The fourth-order valence-electron chi connectivity index (χ4n) is 2.22. The van der Waals surface area contributed by atoms with Crippen LogP contribution in [0.5, 0.6) is 0 Å². The van der Waals surface area contributed by atoms with E-state index >= 15 is 0 Å². The molecule has 1 aromatic carbocycles. The molecule has 0 aromatic heterocycles. The van der Waals surface area contributed by atoms with Gasteiger partial charge in [-0.15, -0.1) is 0 Å². The molecule has 1 aliphatic rings. The largest absolute Gasteiger partial charge is 0.384 e. The fourth-order valence-corrected chi connectivity index (χ4v) is 3.49. The van der Waals surface area contributed by atoms with Crippen molar-refractivity contribution >= 4 is 15.7 Å². The molecule has 0 spiro atoms. The number of rotatable bonds is 3. The van der Waals surface area contributed by atoms with E-state index in [-0.39, 0.29) is 11.5 Å². The van der Waals surface area contributed by atoms with E-state index in [2.05, 4.69) is 23.9 Å². The average Bonchev–Trinajstić information content (AvgIpc) is 2.53. The SMILES string of the molecule is CC(C)NS(=O)(=O)c1ccc2c(c1)NCC2(C)C. The highest BCUT2D eigenvalue weighted by molar-refractivity contribution is 7.89. The average molecular weight is 268 g/mol. The van der Waals surface area contributed by atoms with E-state index in [1.807, 2.05) is 19.9 Å². The smallest absolute Gasteiger partial charge is 0.240 e. The molecule has 1 aliphatic heterocycles. The second-order valence-electron chi connectivity index (χ2n) is 5.72. The molecule has 0 saturated carbocycles. The molecule has 0 unspecified atom stereocenters. The number of hydrogen-bond acceptors (Lipinski definition) is 3. The molecule has 18 heavy (non-hydrogen) atoms. The van der Waals surface area contributed by atoms with Gasteiger partial charge in [-0.25, -0.2) is 13.1 Å². The Balaban J connectivity index is 2.40. The van der Waals surface area contributed by atoms with E-state index in [4.69, 9.17) is 0 Å². The normalized spacial score (nSPS) is 17.6. The molecule has 1 aromatic rings. The fraction of sp³-hybridized carbons (Fsp3) is 0.538. The lowest BCUT2D eigenvalue weighted by Crippen LogP contribution is -2.30. The van der Waals surface area contributed by atoms with Gasteiger partial charge in [-0.3, -0.25) is 0 Å². The van der Waals surface area contributed by atoms with Crippen molar-refractivity contribution in [3.8, 4) is 0 Å². The third kappa shape index (κ3) is 2.37. The monoisotopic (exact) mass is 268 g/mol. The van der Waals surface area contributed by atoms with Crippen molar-refractivity contribution in [3.05, 3.63) is 23.8 Å². The van der Waals surface area contributed by atoms with Crippen molar-refractivity contribution in [2.24, 2.45) is 0 Å². The predicted molar refractivity (Wildman–Crippen MR) is 73.4 cm³/mol. The number of benzene rings is 1. The topological polar surface area (TPSA) is 58.2 Å². The van der Waals surface area contributed by atoms with Crippen LogP contribution in [0.4, 0.5) is 5.69 Å². The molecule has 2 rings (SSSR count). The van der Waals surface area contributed by atoms with Crippen LogP contribution in [0.1, 0.15) is 33.3 Å². The summed E-state index contributed by atoms with van der Waals surface area (Å²) in [6.45, 7) is 8.75. The first-order valence-electron chi connectivity index (χ1n) is 6.13. The first kappa shape index (κ1) is 13.4. The van der Waals surface area contributed by atoms with E-state index < -0.39 is 10.0 Å². The van der Waals surface area contributed by atoms with Gasteiger partial charge in [-0.05, 0) is 31.5 Å². The third-order valence-electron chi connectivity index (χ3n) is 3.14. The molecule has 1 heterocycles. The van der Waals surface area contributed by atoms with Crippen LogP contribution in [-0.2, 0) is 15.4 Å². The maximum atomic E-state index is 12.1. The Bertz CT molecular complexity index is 562. The van der Waals surface area contributed by atoms with E-state index in [9.17, 15) is 8.42 Å². The van der Waals surface area contributed by atoms with Gasteiger partial charge in [0.05, 0.1) is 4.90 Å². The minimum atomic E-state index is -3.41. The molecule has 0 atom stereocenters. The maximum Gasteiger partial charge on any atom is 0.240 e. The van der Waals surface area contributed by atoms with Gasteiger partial charge in [0.1, 0.15) is 0 Å². The third-order valence-corrected chi connectivity index (χ3v) is 4.80. The predicted octanol–water partition coefficient (Wildman–Crippen LogP) is 2.08. The number of fused-ring (bicyclic) bond motifs is 1. The van der Waals surface area contributed by atoms with Crippen molar-refractivity contribution in [3.63, 3.8) is 0 Å². The van der Waals surface area contributed by atoms with Crippen LogP contribution in [0, 0.1) is 0 Å². The molecule has 4 nitrogen and oxygen atoms in total. The molecule has 0 bridgehead atoms. The number of hydrogen-bond donors (Lipinski definition) is 2. The number of sulfonamides is 1. The van der Waals surface area contributed by atoms with Gasteiger partial charge in [-0.2, -0.15) is 0 Å². The molecule has 0 saturated heterocycles. The Labute approximate surface area is 109 Å². The zero-order chi connectivity index (χ0) is 13.6. The van der Waals surface area contributed by atoms with Crippen LogP contribution in [0.15, 0.2) is 23.1 Å². The van der Waals surface area contributed by atoms with E-state index in [1.54, 1.807) is 12.1 Å². The Morgan fingerprint density at radius 1 is 1.33 bits per heavy atom. The van der Waals surface area contributed by atoms with E-state index in [0.29, 0.717) is 4.90 Å². The van der Waals surface area contributed by atoms with Crippen molar-refractivity contribution in [2.75, 3.05) is 11.9 Å². The zero-order valence-corrected chi connectivity index (χ0v) is 12.1. The summed E-state index contributed by atoms with van der Waals surface area (Å²) in [6, 6.07) is 5.20. The highest BCUT2D eigenvalue weighted by Gasteiger charge is 2.30. The minimum Gasteiger partial charge on any atom is -0.384 e. The quantitative estimate of drug-likeness (QED) is 0.882. The van der Waals surface area contributed by atoms with Crippen molar-refractivity contribution in [2.45, 2.75) is 44.0 Å². The lowest BCUT2D eigenvalue weighted by Gasteiger charge is -2.17. The highest BCUT2D eigenvalue weighted by Crippen LogP contribution is 2.37.